The molecule has 0 atom stereocenters. The zero-order valence-corrected chi connectivity index (χ0v) is 9.86. The number of rotatable bonds is 1. The first-order valence-electron chi connectivity index (χ1n) is 4.58. The number of halogens is 3. The second kappa shape index (κ2) is 4.37. The normalized spacial score (nSPS) is 11.4. The van der Waals surface area contributed by atoms with Crippen LogP contribution >= 0.6 is 11.6 Å². The van der Waals surface area contributed by atoms with Crippen LogP contribution in [0.25, 0.3) is 0 Å². The Hall–Kier alpha value is -1.16. The Morgan fingerprint density at radius 2 is 1.81 bits per heavy atom. The van der Waals surface area contributed by atoms with Gasteiger partial charge in [0, 0.05) is 0 Å². The smallest absolute Gasteiger partial charge is 0.341 e. The average molecular weight is 249 g/mol. The molecule has 0 aliphatic carbocycles. The fourth-order valence-electron chi connectivity index (χ4n) is 1.01. The molecule has 0 heterocycles. The highest BCUT2D eigenvalue weighted by Gasteiger charge is 2.22. The Bertz CT molecular complexity index is 425. The van der Waals surface area contributed by atoms with Crippen molar-refractivity contribution in [3.8, 4) is 0 Å². The SMILES string of the molecule is CC(C)(C)OC(=O)c1cc(F)c(Cl)cc1F. The molecule has 5 heteroatoms. The van der Waals surface area contributed by atoms with Crippen LogP contribution in [0.15, 0.2) is 12.1 Å². The van der Waals surface area contributed by atoms with Gasteiger partial charge in [-0.05, 0) is 32.9 Å². The highest BCUT2D eigenvalue weighted by atomic mass is 35.5. The highest BCUT2D eigenvalue weighted by molar-refractivity contribution is 6.30. The van der Waals surface area contributed by atoms with E-state index in [9.17, 15) is 13.6 Å². The molecule has 0 aliphatic heterocycles. The summed E-state index contributed by atoms with van der Waals surface area (Å²) in [7, 11) is 0. The second-order valence-electron chi connectivity index (χ2n) is 4.25. The minimum atomic E-state index is -0.916. The molecule has 0 unspecified atom stereocenters. The van der Waals surface area contributed by atoms with Gasteiger partial charge in [0.1, 0.15) is 17.2 Å². The standard InChI is InChI=1S/C11H11ClF2O2/c1-11(2,3)16-10(15)6-4-9(14)7(12)5-8(6)13/h4-5H,1-3H3. The minimum Gasteiger partial charge on any atom is -0.456 e. The third-order valence-corrected chi connectivity index (χ3v) is 1.92. The summed E-state index contributed by atoms with van der Waals surface area (Å²) in [5.74, 6) is -2.68. The van der Waals surface area contributed by atoms with Gasteiger partial charge < -0.3 is 4.74 Å². The van der Waals surface area contributed by atoms with E-state index in [1.54, 1.807) is 20.8 Å². The van der Waals surface area contributed by atoms with E-state index in [-0.39, 0.29) is 5.02 Å². The number of hydrogen-bond donors (Lipinski definition) is 0. The van der Waals surface area contributed by atoms with Crippen LogP contribution in [0.2, 0.25) is 5.02 Å². The molecule has 0 saturated heterocycles. The van der Waals surface area contributed by atoms with Gasteiger partial charge in [0.25, 0.3) is 0 Å². The van der Waals surface area contributed by atoms with Crippen LogP contribution in [0.1, 0.15) is 31.1 Å². The summed E-state index contributed by atoms with van der Waals surface area (Å²) in [5, 5.41) is -0.371. The summed E-state index contributed by atoms with van der Waals surface area (Å²) in [5.41, 5.74) is -1.23. The molecule has 0 bridgehead atoms. The van der Waals surface area contributed by atoms with Crippen molar-refractivity contribution in [3.63, 3.8) is 0 Å². The lowest BCUT2D eigenvalue weighted by molar-refractivity contribution is 0.00642. The van der Waals surface area contributed by atoms with E-state index >= 15 is 0 Å². The quantitative estimate of drug-likeness (QED) is 0.561. The van der Waals surface area contributed by atoms with Crippen molar-refractivity contribution in [3.05, 3.63) is 34.4 Å². The van der Waals surface area contributed by atoms with E-state index in [1.807, 2.05) is 0 Å². The van der Waals surface area contributed by atoms with Crippen molar-refractivity contribution in [1.82, 2.24) is 0 Å². The van der Waals surface area contributed by atoms with Crippen molar-refractivity contribution < 1.29 is 18.3 Å². The van der Waals surface area contributed by atoms with Gasteiger partial charge in [-0.25, -0.2) is 13.6 Å². The minimum absolute atomic E-state index is 0.371. The highest BCUT2D eigenvalue weighted by Crippen LogP contribution is 2.21. The number of benzene rings is 1. The molecule has 1 aromatic carbocycles. The maximum atomic E-state index is 13.3. The average Bonchev–Trinajstić information content (AvgIpc) is 2.08. The van der Waals surface area contributed by atoms with Crippen LogP contribution in [0, 0.1) is 11.6 Å². The third kappa shape index (κ3) is 3.17. The van der Waals surface area contributed by atoms with Crippen LogP contribution in [-0.4, -0.2) is 11.6 Å². The summed E-state index contributed by atoms with van der Waals surface area (Å²) in [4.78, 5) is 11.5. The molecular weight excluding hydrogens is 238 g/mol. The summed E-state index contributed by atoms with van der Waals surface area (Å²) < 4.78 is 31.3. The Balaban J connectivity index is 3.05. The monoisotopic (exact) mass is 248 g/mol. The van der Waals surface area contributed by atoms with E-state index in [0.29, 0.717) is 0 Å². The van der Waals surface area contributed by atoms with Crippen LogP contribution in [-0.2, 0) is 4.74 Å². The first kappa shape index (κ1) is 12.9. The molecule has 1 aromatic rings. The Morgan fingerprint density at radius 3 is 2.31 bits per heavy atom. The van der Waals surface area contributed by atoms with E-state index in [0.717, 1.165) is 12.1 Å². The van der Waals surface area contributed by atoms with Crippen molar-refractivity contribution in [2.75, 3.05) is 0 Å². The fraction of sp³-hybridized carbons (Fsp3) is 0.364. The topological polar surface area (TPSA) is 26.3 Å². The van der Waals surface area contributed by atoms with Gasteiger partial charge in [-0.1, -0.05) is 11.6 Å². The molecular formula is C11H11ClF2O2. The summed E-state index contributed by atoms with van der Waals surface area (Å²) >= 11 is 5.36. The molecule has 0 fully saturated rings. The lowest BCUT2D eigenvalue weighted by Gasteiger charge is -2.19. The lowest BCUT2D eigenvalue weighted by Crippen LogP contribution is -2.24. The number of carbonyl (C=O) groups is 1. The first-order chi connectivity index (χ1) is 7.20. The maximum Gasteiger partial charge on any atom is 0.341 e. The molecule has 1 rings (SSSR count). The van der Waals surface area contributed by atoms with E-state index in [1.165, 1.54) is 0 Å². The zero-order chi connectivity index (χ0) is 12.5. The van der Waals surface area contributed by atoms with E-state index in [4.69, 9.17) is 16.3 Å². The Kier molecular flexibility index (Phi) is 3.53. The summed E-state index contributed by atoms with van der Waals surface area (Å²) in [6, 6.07) is 1.47. The Morgan fingerprint density at radius 1 is 1.25 bits per heavy atom. The predicted octanol–water partition coefficient (Wildman–Crippen LogP) is 3.57. The summed E-state index contributed by atoms with van der Waals surface area (Å²) in [6.45, 7) is 4.90. The van der Waals surface area contributed by atoms with Crippen molar-refractivity contribution in [2.24, 2.45) is 0 Å². The largest absolute Gasteiger partial charge is 0.456 e. The van der Waals surface area contributed by atoms with E-state index in [2.05, 4.69) is 0 Å². The van der Waals surface area contributed by atoms with Crippen molar-refractivity contribution >= 4 is 17.6 Å². The Labute approximate surface area is 97.2 Å². The third-order valence-electron chi connectivity index (χ3n) is 1.63. The molecule has 0 aromatic heterocycles. The number of esters is 1. The van der Waals surface area contributed by atoms with Gasteiger partial charge in [-0.2, -0.15) is 0 Å². The van der Waals surface area contributed by atoms with E-state index < -0.39 is 28.8 Å². The zero-order valence-electron chi connectivity index (χ0n) is 9.11. The van der Waals surface area contributed by atoms with Crippen molar-refractivity contribution in [1.29, 1.82) is 0 Å². The molecule has 0 radical (unpaired) electrons. The van der Waals surface area contributed by atoms with Crippen LogP contribution in [0.5, 0.6) is 0 Å². The van der Waals surface area contributed by atoms with Gasteiger partial charge in [-0.15, -0.1) is 0 Å². The van der Waals surface area contributed by atoms with Crippen LogP contribution in [0.4, 0.5) is 8.78 Å². The number of carbonyl (C=O) groups excluding carboxylic acids is 1. The lowest BCUT2D eigenvalue weighted by atomic mass is 10.1. The van der Waals surface area contributed by atoms with Gasteiger partial charge >= 0.3 is 5.97 Å². The fourth-order valence-corrected chi connectivity index (χ4v) is 1.16. The molecule has 0 N–H and O–H groups in total. The summed E-state index contributed by atoms with van der Waals surface area (Å²) in [6.07, 6.45) is 0. The van der Waals surface area contributed by atoms with Crippen molar-refractivity contribution in [2.45, 2.75) is 26.4 Å². The van der Waals surface area contributed by atoms with Crippen LogP contribution in [0.3, 0.4) is 0 Å². The first-order valence-corrected chi connectivity index (χ1v) is 4.96. The molecule has 88 valence electrons. The molecule has 0 spiro atoms. The molecule has 16 heavy (non-hydrogen) atoms. The molecule has 0 aliphatic rings. The number of ether oxygens (including phenoxy) is 1. The van der Waals surface area contributed by atoms with Crippen LogP contribution < -0.4 is 0 Å². The van der Waals surface area contributed by atoms with Gasteiger partial charge in [0.2, 0.25) is 0 Å². The molecule has 0 amide bonds. The number of hydrogen-bond acceptors (Lipinski definition) is 2. The van der Waals surface area contributed by atoms with Gasteiger partial charge in [0.05, 0.1) is 10.6 Å². The maximum absolute atomic E-state index is 13.3. The van der Waals surface area contributed by atoms with Gasteiger partial charge in [0.15, 0.2) is 0 Å². The van der Waals surface area contributed by atoms with Gasteiger partial charge in [-0.3, -0.25) is 0 Å². The second-order valence-corrected chi connectivity index (χ2v) is 4.66. The predicted molar refractivity (Wildman–Crippen MR) is 56.5 cm³/mol. The molecule has 0 saturated carbocycles. The molecule has 2 nitrogen and oxygen atoms in total.